The van der Waals surface area contributed by atoms with Gasteiger partial charge in [-0.1, -0.05) is 6.07 Å². The lowest BCUT2D eigenvalue weighted by molar-refractivity contribution is 0.193. The molecule has 1 aromatic heterocycles. The predicted molar refractivity (Wildman–Crippen MR) is 80.1 cm³/mol. The van der Waals surface area contributed by atoms with E-state index in [9.17, 15) is 4.21 Å². The van der Waals surface area contributed by atoms with E-state index < -0.39 is 10.8 Å². The maximum Gasteiger partial charge on any atom is 0.197 e. The van der Waals surface area contributed by atoms with Gasteiger partial charge >= 0.3 is 0 Å². The van der Waals surface area contributed by atoms with E-state index in [0.29, 0.717) is 22.8 Å². The van der Waals surface area contributed by atoms with Gasteiger partial charge in [-0.3, -0.25) is 4.99 Å². The maximum atomic E-state index is 12.6. The lowest BCUT2D eigenvalue weighted by Gasteiger charge is -2.36. The Labute approximate surface area is 122 Å². The minimum absolute atomic E-state index is 0.430. The maximum absolute atomic E-state index is 12.6. The molecule has 0 bridgehead atoms. The van der Waals surface area contributed by atoms with E-state index in [2.05, 4.69) is 26.8 Å². The average molecular weight is 292 g/mol. The summed E-state index contributed by atoms with van der Waals surface area (Å²) in [7, 11) is 2.92. The second kappa shape index (κ2) is 5.61. The normalized spacial score (nSPS) is 24.1. The van der Waals surface area contributed by atoms with Gasteiger partial charge in [-0.15, -0.1) is 0 Å². The van der Waals surface area contributed by atoms with Crippen LogP contribution >= 0.6 is 0 Å². The highest BCUT2D eigenvalue weighted by molar-refractivity contribution is 8.00. The van der Waals surface area contributed by atoms with Crippen molar-refractivity contribution < 1.29 is 4.21 Å². The van der Waals surface area contributed by atoms with Gasteiger partial charge in [0.05, 0.1) is 6.54 Å². The number of aromatic nitrogens is 1. The summed E-state index contributed by atoms with van der Waals surface area (Å²) in [5.74, 6) is 0. The monoisotopic (exact) mass is 292 g/mol. The Balaban J connectivity index is 1.78. The van der Waals surface area contributed by atoms with Gasteiger partial charge in [0.2, 0.25) is 0 Å². The summed E-state index contributed by atoms with van der Waals surface area (Å²) in [6, 6.07) is 4.26. The Bertz CT molecular complexity index is 552. The largest absolute Gasteiger partial charge is 0.349 e. The molecule has 0 saturated carbocycles. The molecule has 0 radical (unpaired) electrons. The van der Waals surface area contributed by atoms with Crippen LogP contribution in [0.2, 0.25) is 0 Å². The van der Waals surface area contributed by atoms with Crippen LogP contribution in [-0.2, 0) is 17.3 Å². The molecule has 1 aromatic rings. The van der Waals surface area contributed by atoms with E-state index >= 15 is 0 Å². The van der Waals surface area contributed by atoms with Crippen molar-refractivity contribution in [1.82, 2.24) is 14.8 Å². The van der Waals surface area contributed by atoms with Crippen LogP contribution in [0, 0.1) is 0 Å². The van der Waals surface area contributed by atoms with E-state index in [1.165, 1.54) is 0 Å². The standard InChI is InChI=1S/C14H20N4OS/c1-17-8-5-12(6-9-17)18(2)14-16-10-11-4-3-7-15-13(11)20(14)19/h3-4,7,12H,5-6,8-10H2,1-2H3. The molecule has 1 unspecified atom stereocenters. The molecular formula is C14H20N4OS. The topological polar surface area (TPSA) is 48.8 Å². The number of fused-ring (bicyclic) bond motifs is 1. The molecule has 0 aromatic carbocycles. The molecule has 108 valence electrons. The molecule has 1 saturated heterocycles. The van der Waals surface area contributed by atoms with Crippen molar-refractivity contribution in [2.75, 3.05) is 27.2 Å². The second-order valence-corrected chi connectivity index (χ2v) is 6.77. The predicted octanol–water partition coefficient (Wildman–Crippen LogP) is 1.08. The fourth-order valence-electron chi connectivity index (χ4n) is 2.79. The minimum atomic E-state index is -1.24. The molecule has 2 aliphatic heterocycles. The minimum Gasteiger partial charge on any atom is -0.349 e. The number of piperidine rings is 1. The Morgan fingerprint density at radius 3 is 2.90 bits per heavy atom. The Morgan fingerprint density at radius 1 is 1.40 bits per heavy atom. The van der Waals surface area contributed by atoms with Crippen molar-refractivity contribution in [2.45, 2.75) is 30.5 Å². The molecule has 0 spiro atoms. The van der Waals surface area contributed by atoms with Crippen molar-refractivity contribution in [3.05, 3.63) is 23.9 Å². The number of likely N-dealkylation sites (tertiary alicyclic amines) is 1. The first-order valence-corrected chi connectivity index (χ1v) is 8.13. The molecule has 0 aliphatic carbocycles. The van der Waals surface area contributed by atoms with Crippen molar-refractivity contribution >= 4 is 16.0 Å². The van der Waals surface area contributed by atoms with Gasteiger partial charge < -0.3 is 9.80 Å². The van der Waals surface area contributed by atoms with Gasteiger partial charge in [0, 0.05) is 24.8 Å². The third-order valence-corrected chi connectivity index (χ3v) is 5.58. The summed E-state index contributed by atoms with van der Waals surface area (Å²) in [5.41, 5.74) is 0.978. The number of rotatable bonds is 1. The van der Waals surface area contributed by atoms with E-state index in [-0.39, 0.29) is 0 Å². The quantitative estimate of drug-likeness (QED) is 0.777. The van der Waals surface area contributed by atoms with Crippen LogP contribution in [0.5, 0.6) is 0 Å². The summed E-state index contributed by atoms with van der Waals surface area (Å²) in [4.78, 5) is 13.3. The highest BCUT2D eigenvalue weighted by Gasteiger charge is 2.29. The second-order valence-electron chi connectivity index (χ2n) is 5.48. The first-order chi connectivity index (χ1) is 9.66. The fourth-order valence-corrected chi connectivity index (χ4v) is 4.08. The van der Waals surface area contributed by atoms with Gasteiger partial charge in [-0.2, -0.15) is 0 Å². The molecule has 3 rings (SSSR count). The van der Waals surface area contributed by atoms with Crippen LogP contribution in [-0.4, -0.2) is 57.4 Å². The summed E-state index contributed by atoms with van der Waals surface area (Å²) in [5, 5.41) is 1.36. The van der Waals surface area contributed by atoms with Crippen molar-refractivity contribution in [2.24, 2.45) is 4.99 Å². The summed E-state index contributed by atoms with van der Waals surface area (Å²) < 4.78 is 12.6. The number of amidine groups is 1. The zero-order chi connectivity index (χ0) is 14.1. The Morgan fingerprint density at radius 2 is 2.15 bits per heavy atom. The van der Waals surface area contributed by atoms with Crippen molar-refractivity contribution in [3.63, 3.8) is 0 Å². The summed E-state index contributed by atoms with van der Waals surface area (Å²) in [6.45, 7) is 2.76. The Kier molecular flexibility index (Phi) is 3.85. The van der Waals surface area contributed by atoms with E-state index in [0.717, 1.165) is 31.5 Å². The van der Waals surface area contributed by atoms with Gasteiger partial charge in [0.15, 0.2) is 5.17 Å². The van der Waals surface area contributed by atoms with Gasteiger partial charge in [-0.25, -0.2) is 9.19 Å². The molecular weight excluding hydrogens is 272 g/mol. The summed E-state index contributed by atoms with van der Waals surface area (Å²) in [6.07, 6.45) is 3.89. The van der Waals surface area contributed by atoms with E-state index in [1.807, 2.05) is 19.2 Å². The smallest absolute Gasteiger partial charge is 0.197 e. The molecule has 1 fully saturated rings. The highest BCUT2D eigenvalue weighted by atomic mass is 32.2. The lowest BCUT2D eigenvalue weighted by atomic mass is 10.0. The van der Waals surface area contributed by atoms with Crippen LogP contribution in [0.15, 0.2) is 28.3 Å². The molecule has 0 amide bonds. The van der Waals surface area contributed by atoms with Crippen LogP contribution in [0.25, 0.3) is 0 Å². The molecule has 3 heterocycles. The Hall–Kier alpha value is -1.27. The number of hydrogen-bond donors (Lipinski definition) is 0. The van der Waals surface area contributed by atoms with Crippen LogP contribution in [0.1, 0.15) is 18.4 Å². The highest BCUT2D eigenvalue weighted by Crippen LogP contribution is 2.23. The number of aliphatic imine (C=N–C) groups is 1. The van der Waals surface area contributed by atoms with Gasteiger partial charge in [-0.05, 0) is 39.0 Å². The van der Waals surface area contributed by atoms with Crippen LogP contribution in [0.3, 0.4) is 0 Å². The third-order valence-electron chi connectivity index (χ3n) is 4.11. The molecule has 1 atom stereocenters. The van der Waals surface area contributed by atoms with E-state index in [4.69, 9.17) is 0 Å². The number of hydrogen-bond acceptors (Lipinski definition) is 5. The number of nitrogens with zero attached hydrogens (tertiary/aromatic N) is 4. The zero-order valence-electron chi connectivity index (χ0n) is 12.0. The molecule has 20 heavy (non-hydrogen) atoms. The lowest BCUT2D eigenvalue weighted by Crippen LogP contribution is -2.46. The fraction of sp³-hybridized carbons (Fsp3) is 0.571. The van der Waals surface area contributed by atoms with Crippen LogP contribution in [0.4, 0.5) is 0 Å². The first-order valence-electron chi connectivity index (χ1n) is 6.98. The SMILES string of the molecule is CN1CCC(N(C)C2=NCc3cccnc3S2=O)CC1. The van der Waals surface area contributed by atoms with Crippen molar-refractivity contribution in [1.29, 1.82) is 0 Å². The van der Waals surface area contributed by atoms with Gasteiger partial charge in [0.25, 0.3) is 0 Å². The molecule has 5 nitrogen and oxygen atoms in total. The molecule has 6 heteroatoms. The zero-order valence-corrected chi connectivity index (χ0v) is 12.8. The average Bonchev–Trinajstić information content (AvgIpc) is 2.48. The van der Waals surface area contributed by atoms with E-state index in [1.54, 1.807) is 6.20 Å². The number of pyridine rings is 1. The van der Waals surface area contributed by atoms with Crippen LogP contribution < -0.4 is 0 Å². The molecule has 0 N–H and O–H groups in total. The van der Waals surface area contributed by atoms with Crippen molar-refractivity contribution in [3.8, 4) is 0 Å². The van der Waals surface area contributed by atoms with Gasteiger partial charge in [0.1, 0.15) is 15.8 Å². The summed E-state index contributed by atoms with van der Waals surface area (Å²) >= 11 is 0. The third kappa shape index (κ3) is 2.50. The first kappa shape index (κ1) is 13.7. The molecule has 2 aliphatic rings.